The molecule has 5 aliphatic rings. The third kappa shape index (κ3) is 2.12. The van der Waals surface area contributed by atoms with Crippen molar-refractivity contribution in [2.45, 2.75) is 71.6 Å². The van der Waals surface area contributed by atoms with Gasteiger partial charge in [-0.2, -0.15) is 10.9 Å². The summed E-state index contributed by atoms with van der Waals surface area (Å²) in [5.74, 6) is 4.01. The van der Waals surface area contributed by atoms with E-state index in [-0.39, 0.29) is 10.9 Å². The molecule has 0 spiro atoms. The zero-order valence-corrected chi connectivity index (χ0v) is 16.4. The maximum Gasteiger partial charge on any atom is -0.00594 e. The zero-order chi connectivity index (χ0) is 16.4. The summed E-state index contributed by atoms with van der Waals surface area (Å²) in [7, 11) is -0.0846. The molecule has 0 amide bonds. The Morgan fingerprint density at radius 3 is 2.58 bits per heavy atom. The van der Waals surface area contributed by atoms with Crippen LogP contribution in [0.5, 0.6) is 0 Å². The highest BCUT2D eigenvalue weighted by Crippen LogP contribution is 2.68. The summed E-state index contributed by atoms with van der Waals surface area (Å²) in [6, 6.07) is 0. The standard InChI is InChI=1S/C23H34S/c1-22-12-5-7-18(22)17-9-10-20-21(24-15-3-4-16-24)8-6-13-23(20,2)19(17)11-14-22/h3-4,8,15-20,24H,5-7,9-14H2,1-2H3/t17-,18-,19-,20?,22-,23+/m0/s1. The van der Waals surface area contributed by atoms with Crippen LogP contribution in [0.4, 0.5) is 0 Å². The van der Waals surface area contributed by atoms with Crippen molar-refractivity contribution in [2.75, 3.05) is 0 Å². The fourth-order valence-electron chi connectivity index (χ4n) is 7.76. The van der Waals surface area contributed by atoms with Gasteiger partial charge in [-0.05, 0) is 102 Å². The highest BCUT2D eigenvalue weighted by Gasteiger charge is 2.57. The molecule has 132 valence electrons. The SMILES string of the molecule is C[C@@]12CCC[C@H]1[C@@H]1CCC3C([SH]4C=CC=C4)=CCC[C@]3(C)[C@H]1CC2. The van der Waals surface area contributed by atoms with Gasteiger partial charge in [0.25, 0.3) is 0 Å². The quantitative estimate of drug-likeness (QED) is 0.489. The molecule has 0 aromatic heterocycles. The molecule has 0 aromatic rings. The van der Waals surface area contributed by atoms with Crippen molar-refractivity contribution in [2.24, 2.45) is 34.5 Å². The second-order valence-electron chi connectivity index (χ2n) is 9.86. The van der Waals surface area contributed by atoms with Crippen LogP contribution < -0.4 is 0 Å². The van der Waals surface area contributed by atoms with E-state index in [4.69, 9.17) is 0 Å². The molecule has 0 bridgehead atoms. The molecular formula is C23H34S. The van der Waals surface area contributed by atoms with Gasteiger partial charge in [-0.25, -0.2) is 0 Å². The van der Waals surface area contributed by atoms with E-state index in [2.05, 4.69) is 42.9 Å². The van der Waals surface area contributed by atoms with Crippen LogP contribution in [0.15, 0.2) is 33.9 Å². The molecule has 1 heterocycles. The van der Waals surface area contributed by atoms with Crippen LogP contribution in [0.25, 0.3) is 0 Å². The number of hydrogen-bond acceptors (Lipinski definition) is 0. The van der Waals surface area contributed by atoms with Crippen LogP contribution in [0, 0.1) is 34.5 Å². The smallest absolute Gasteiger partial charge is 0.00594 e. The molecule has 5 rings (SSSR count). The fraction of sp³-hybridized carbons (Fsp3) is 0.739. The van der Waals surface area contributed by atoms with Gasteiger partial charge in [0.1, 0.15) is 0 Å². The van der Waals surface area contributed by atoms with Gasteiger partial charge in [0.15, 0.2) is 0 Å². The maximum absolute atomic E-state index is 2.71. The number of allylic oxidation sites excluding steroid dienone is 4. The predicted molar refractivity (Wildman–Crippen MR) is 107 cm³/mol. The summed E-state index contributed by atoms with van der Waals surface area (Å²) in [4.78, 5) is 1.85. The third-order valence-corrected chi connectivity index (χ3v) is 11.0. The lowest BCUT2D eigenvalue weighted by Crippen LogP contribution is -2.51. The van der Waals surface area contributed by atoms with Gasteiger partial charge in [0.05, 0.1) is 0 Å². The first kappa shape index (κ1) is 15.8. The van der Waals surface area contributed by atoms with E-state index < -0.39 is 0 Å². The minimum atomic E-state index is -0.0846. The lowest BCUT2D eigenvalue weighted by molar-refractivity contribution is -0.0818. The lowest BCUT2D eigenvalue weighted by Gasteiger charge is -2.60. The normalized spacial score (nSPS) is 51.1. The van der Waals surface area contributed by atoms with E-state index >= 15 is 0 Å². The van der Waals surface area contributed by atoms with Gasteiger partial charge in [0, 0.05) is 0 Å². The minimum Gasteiger partial charge on any atom is -0.190 e. The summed E-state index contributed by atoms with van der Waals surface area (Å²) in [6.07, 6.45) is 20.7. The maximum atomic E-state index is 2.71. The Bertz CT molecular complexity index is 602. The first-order valence-electron chi connectivity index (χ1n) is 10.5. The van der Waals surface area contributed by atoms with E-state index in [0.717, 1.165) is 23.7 Å². The molecule has 0 aromatic carbocycles. The Hall–Kier alpha value is -0.430. The van der Waals surface area contributed by atoms with Crippen molar-refractivity contribution in [3.05, 3.63) is 33.9 Å². The van der Waals surface area contributed by atoms with E-state index in [1.54, 1.807) is 6.42 Å². The second kappa shape index (κ2) is 5.53. The van der Waals surface area contributed by atoms with Crippen LogP contribution >= 0.6 is 10.9 Å². The van der Waals surface area contributed by atoms with E-state index in [1.165, 1.54) is 51.4 Å². The highest BCUT2D eigenvalue weighted by atomic mass is 32.2. The van der Waals surface area contributed by atoms with Crippen LogP contribution in [-0.4, -0.2) is 0 Å². The average molecular weight is 343 g/mol. The lowest BCUT2D eigenvalue weighted by atomic mass is 9.46. The fourth-order valence-corrected chi connectivity index (χ4v) is 9.90. The third-order valence-electron chi connectivity index (χ3n) is 8.95. The van der Waals surface area contributed by atoms with Gasteiger partial charge in [-0.1, -0.05) is 38.5 Å². The molecule has 0 saturated heterocycles. The van der Waals surface area contributed by atoms with Gasteiger partial charge in [-0.3, -0.25) is 0 Å². The van der Waals surface area contributed by atoms with Crippen molar-refractivity contribution < 1.29 is 0 Å². The van der Waals surface area contributed by atoms with Crippen molar-refractivity contribution >= 4 is 10.9 Å². The summed E-state index contributed by atoms with van der Waals surface area (Å²) >= 11 is 0. The summed E-state index contributed by atoms with van der Waals surface area (Å²) < 4.78 is 0. The Morgan fingerprint density at radius 1 is 0.917 bits per heavy atom. The minimum absolute atomic E-state index is 0.0846. The first-order chi connectivity index (χ1) is 11.6. The van der Waals surface area contributed by atoms with E-state index in [1.807, 2.05) is 4.91 Å². The first-order valence-corrected chi connectivity index (χ1v) is 11.9. The molecule has 3 fully saturated rings. The number of rotatable bonds is 1. The zero-order valence-electron chi connectivity index (χ0n) is 15.5. The Morgan fingerprint density at radius 2 is 1.75 bits per heavy atom. The van der Waals surface area contributed by atoms with Crippen LogP contribution in [0.3, 0.4) is 0 Å². The number of fused-ring (bicyclic) bond motifs is 5. The number of hydrogen-bond donors (Lipinski definition) is 1. The number of thiol groups is 1. The van der Waals surface area contributed by atoms with Crippen molar-refractivity contribution in [1.29, 1.82) is 0 Å². The van der Waals surface area contributed by atoms with Gasteiger partial charge in [0.2, 0.25) is 0 Å². The van der Waals surface area contributed by atoms with Gasteiger partial charge < -0.3 is 0 Å². The van der Waals surface area contributed by atoms with E-state index in [0.29, 0.717) is 10.8 Å². The Kier molecular flexibility index (Phi) is 3.64. The largest absolute Gasteiger partial charge is 0.190 e. The highest BCUT2D eigenvalue weighted by molar-refractivity contribution is 8.25. The summed E-state index contributed by atoms with van der Waals surface area (Å²) in [5.41, 5.74) is 1.31. The molecule has 4 aliphatic carbocycles. The van der Waals surface area contributed by atoms with E-state index in [9.17, 15) is 0 Å². The molecule has 0 N–H and O–H groups in total. The van der Waals surface area contributed by atoms with Crippen LogP contribution in [-0.2, 0) is 0 Å². The van der Waals surface area contributed by atoms with Crippen LogP contribution in [0.1, 0.15) is 71.6 Å². The van der Waals surface area contributed by atoms with Crippen molar-refractivity contribution in [3.63, 3.8) is 0 Å². The van der Waals surface area contributed by atoms with Gasteiger partial charge in [-0.15, -0.1) is 0 Å². The molecule has 1 heteroatoms. The predicted octanol–water partition coefficient (Wildman–Crippen LogP) is 6.96. The molecule has 0 radical (unpaired) electrons. The van der Waals surface area contributed by atoms with Crippen LogP contribution in [0.2, 0.25) is 0 Å². The second-order valence-corrected chi connectivity index (χ2v) is 11.8. The van der Waals surface area contributed by atoms with Gasteiger partial charge >= 0.3 is 0 Å². The topological polar surface area (TPSA) is 0 Å². The molecule has 1 aliphatic heterocycles. The summed E-state index contributed by atoms with van der Waals surface area (Å²) in [6.45, 7) is 5.34. The monoisotopic (exact) mass is 342 g/mol. The molecular weight excluding hydrogens is 308 g/mol. The Labute approximate surface area is 151 Å². The molecule has 3 saturated carbocycles. The molecule has 6 atom stereocenters. The van der Waals surface area contributed by atoms with Crippen molar-refractivity contribution in [3.8, 4) is 0 Å². The Balaban J connectivity index is 1.47. The molecule has 1 unspecified atom stereocenters. The summed E-state index contributed by atoms with van der Waals surface area (Å²) in [5, 5.41) is 4.99. The molecule has 0 nitrogen and oxygen atoms in total. The average Bonchev–Trinajstić information content (AvgIpc) is 3.22. The molecule has 24 heavy (non-hydrogen) atoms. The van der Waals surface area contributed by atoms with Crippen molar-refractivity contribution in [1.82, 2.24) is 0 Å².